The Kier molecular flexibility index (Phi) is 19.1. The zero-order valence-electron chi connectivity index (χ0n) is 20.8. The van der Waals surface area contributed by atoms with E-state index in [-0.39, 0.29) is 5.97 Å². The van der Waals surface area contributed by atoms with Crippen LogP contribution in [-0.4, -0.2) is 12.6 Å². The number of carbonyl (C=O) groups excluding carboxylic acids is 1. The highest BCUT2D eigenvalue weighted by atomic mass is 16.5. The molecule has 0 aromatic rings. The van der Waals surface area contributed by atoms with E-state index in [1.54, 1.807) is 0 Å². The van der Waals surface area contributed by atoms with E-state index in [0.717, 1.165) is 12.8 Å². The van der Waals surface area contributed by atoms with Crippen molar-refractivity contribution >= 4 is 5.97 Å². The van der Waals surface area contributed by atoms with Crippen molar-refractivity contribution in [2.24, 2.45) is 11.3 Å². The molecule has 0 aromatic carbocycles. The molecule has 0 spiro atoms. The third-order valence-electron chi connectivity index (χ3n) is 5.82. The standard InChI is InChI=1S/C27H54O2/c1-6-7-8-9-10-11-12-13-14-15-16-17-18-19-20-21-26(28)29-23-22-25(2)24-27(3,4)5/h25H,6-24H2,1-5H3. The van der Waals surface area contributed by atoms with Gasteiger partial charge in [0.1, 0.15) is 0 Å². The van der Waals surface area contributed by atoms with Gasteiger partial charge in [-0.2, -0.15) is 0 Å². The molecule has 0 aliphatic carbocycles. The van der Waals surface area contributed by atoms with Crippen LogP contribution in [0, 0.1) is 11.3 Å². The van der Waals surface area contributed by atoms with Crippen LogP contribution in [0.1, 0.15) is 150 Å². The summed E-state index contributed by atoms with van der Waals surface area (Å²) >= 11 is 0. The first-order valence-electron chi connectivity index (χ1n) is 13.0. The van der Waals surface area contributed by atoms with Crippen molar-refractivity contribution in [2.45, 2.75) is 150 Å². The van der Waals surface area contributed by atoms with Crippen molar-refractivity contribution in [1.82, 2.24) is 0 Å². The van der Waals surface area contributed by atoms with Gasteiger partial charge in [-0.1, -0.05) is 125 Å². The fourth-order valence-corrected chi connectivity index (χ4v) is 4.23. The Bertz CT molecular complexity index is 356. The fraction of sp³-hybridized carbons (Fsp3) is 0.963. The summed E-state index contributed by atoms with van der Waals surface area (Å²) in [5.74, 6) is 0.622. The SMILES string of the molecule is CCCCCCCCCCCCCCCCCC(=O)OCCC(C)CC(C)(C)C. The van der Waals surface area contributed by atoms with Gasteiger partial charge < -0.3 is 4.74 Å². The molecule has 0 aromatic heterocycles. The van der Waals surface area contributed by atoms with Crippen LogP contribution in [0.3, 0.4) is 0 Å². The van der Waals surface area contributed by atoms with Crippen molar-refractivity contribution < 1.29 is 9.53 Å². The number of carbonyl (C=O) groups is 1. The molecule has 0 aliphatic rings. The number of esters is 1. The Morgan fingerprint density at radius 2 is 1.14 bits per heavy atom. The second-order valence-electron chi connectivity index (χ2n) is 10.6. The number of unbranched alkanes of at least 4 members (excludes halogenated alkanes) is 14. The van der Waals surface area contributed by atoms with E-state index in [1.807, 2.05) is 0 Å². The number of rotatable bonds is 20. The molecule has 0 amide bonds. The molecule has 0 fully saturated rings. The molecule has 174 valence electrons. The molecule has 29 heavy (non-hydrogen) atoms. The molecule has 0 aliphatic heterocycles. The topological polar surface area (TPSA) is 26.3 Å². The lowest BCUT2D eigenvalue weighted by Gasteiger charge is -2.22. The van der Waals surface area contributed by atoms with Crippen molar-refractivity contribution in [3.63, 3.8) is 0 Å². The minimum absolute atomic E-state index is 0.00246. The van der Waals surface area contributed by atoms with Gasteiger partial charge in [0.15, 0.2) is 0 Å². The van der Waals surface area contributed by atoms with Crippen LogP contribution in [-0.2, 0) is 9.53 Å². The maximum Gasteiger partial charge on any atom is 0.305 e. The fourth-order valence-electron chi connectivity index (χ4n) is 4.23. The van der Waals surface area contributed by atoms with Crippen LogP contribution in [0.5, 0.6) is 0 Å². The van der Waals surface area contributed by atoms with Crippen LogP contribution in [0.25, 0.3) is 0 Å². The van der Waals surface area contributed by atoms with E-state index in [0.29, 0.717) is 24.4 Å². The minimum atomic E-state index is 0.00246. The highest BCUT2D eigenvalue weighted by Crippen LogP contribution is 2.25. The predicted octanol–water partition coefficient (Wildman–Crippen LogP) is 9.25. The molecule has 0 saturated carbocycles. The van der Waals surface area contributed by atoms with Crippen LogP contribution in [0.4, 0.5) is 0 Å². The highest BCUT2D eigenvalue weighted by Gasteiger charge is 2.15. The first-order chi connectivity index (χ1) is 13.8. The van der Waals surface area contributed by atoms with Crippen LogP contribution < -0.4 is 0 Å². The lowest BCUT2D eigenvalue weighted by molar-refractivity contribution is -0.144. The quantitative estimate of drug-likeness (QED) is 0.148. The number of ether oxygens (including phenoxy) is 1. The van der Waals surface area contributed by atoms with Crippen LogP contribution >= 0.6 is 0 Å². The van der Waals surface area contributed by atoms with E-state index >= 15 is 0 Å². The van der Waals surface area contributed by atoms with E-state index in [1.165, 1.54) is 96.3 Å². The van der Waals surface area contributed by atoms with Gasteiger partial charge in [-0.25, -0.2) is 0 Å². The first-order valence-corrected chi connectivity index (χ1v) is 13.0. The summed E-state index contributed by atoms with van der Waals surface area (Å²) in [6, 6.07) is 0. The summed E-state index contributed by atoms with van der Waals surface area (Å²) in [5.41, 5.74) is 0.358. The maximum absolute atomic E-state index is 11.8. The van der Waals surface area contributed by atoms with Gasteiger partial charge in [-0.3, -0.25) is 4.79 Å². The van der Waals surface area contributed by atoms with Gasteiger partial charge in [0.25, 0.3) is 0 Å². The zero-order chi connectivity index (χ0) is 21.8. The summed E-state index contributed by atoms with van der Waals surface area (Å²) < 4.78 is 5.41. The second-order valence-corrected chi connectivity index (χ2v) is 10.6. The van der Waals surface area contributed by atoms with Gasteiger partial charge in [-0.15, -0.1) is 0 Å². The van der Waals surface area contributed by atoms with Crippen LogP contribution in [0.2, 0.25) is 0 Å². The molecule has 2 nitrogen and oxygen atoms in total. The lowest BCUT2D eigenvalue weighted by Crippen LogP contribution is -2.14. The molecule has 1 atom stereocenters. The largest absolute Gasteiger partial charge is 0.466 e. The normalized spacial score (nSPS) is 12.9. The van der Waals surface area contributed by atoms with Crippen molar-refractivity contribution in [2.75, 3.05) is 6.61 Å². The molecular formula is C27H54O2. The maximum atomic E-state index is 11.8. The van der Waals surface area contributed by atoms with Crippen molar-refractivity contribution in [3.05, 3.63) is 0 Å². The van der Waals surface area contributed by atoms with Crippen molar-refractivity contribution in [3.8, 4) is 0 Å². The Morgan fingerprint density at radius 1 is 0.724 bits per heavy atom. The Labute approximate surface area is 184 Å². The molecule has 0 heterocycles. The smallest absolute Gasteiger partial charge is 0.305 e. The number of hydrogen-bond acceptors (Lipinski definition) is 2. The third-order valence-corrected chi connectivity index (χ3v) is 5.82. The third kappa shape index (κ3) is 23.6. The zero-order valence-corrected chi connectivity index (χ0v) is 20.8. The molecule has 1 unspecified atom stereocenters. The van der Waals surface area contributed by atoms with Crippen LogP contribution in [0.15, 0.2) is 0 Å². The Hall–Kier alpha value is -0.530. The first kappa shape index (κ1) is 28.5. The molecule has 0 saturated heterocycles. The summed E-state index contributed by atoms with van der Waals surface area (Å²) in [7, 11) is 0. The molecule has 0 radical (unpaired) electrons. The average Bonchev–Trinajstić information content (AvgIpc) is 2.63. The summed E-state index contributed by atoms with van der Waals surface area (Å²) in [4.78, 5) is 11.8. The molecular weight excluding hydrogens is 356 g/mol. The van der Waals surface area contributed by atoms with Gasteiger partial charge >= 0.3 is 5.97 Å². The summed E-state index contributed by atoms with van der Waals surface area (Å²) in [6.07, 6.45) is 23.1. The van der Waals surface area contributed by atoms with E-state index in [2.05, 4.69) is 34.6 Å². The van der Waals surface area contributed by atoms with Gasteiger partial charge in [-0.05, 0) is 30.6 Å². The Balaban J connectivity index is 3.27. The summed E-state index contributed by atoms with van der Waals surface area (Å²) in [6.45, 7) is 11.9. The summed E-state index contributed by atoms with van der Waals surface area (Å²) in [5, 5.41) is 0. The molecule has 2 heteroatoms. The predicted molar refractivity (Wildman–Crippen MR) is 128 cm³/mol. The minimum Gasteiger partial charge on any atom is -0.466 e. The molecule has 0 N–H and O–H groups in total. The molecule has 0 rings (SSSR count). The van der Waals surface area contributed by atoms with Crippen molar-refractivity contribution in [1.29, 1.82) is 0 Å². The van der Waals surface area contributed by atoms with Gasteiger partial charge in [0, 0.05) is 6.42 Å². The van der Waals surface area contributed by atoms with E-state index in [4.69, 9.17) is 4.74 Å². The van der Waals surface area contributed by atoms with Gasteiger partial charge in [0.05, 0.1) is 6.61 Å². The number of hydrogen-bond donors (Lipinski definition) is 0. The highest BCUT2D eigenvalue weighted by molar-refractivity contribution is 5.69. The Morgan fingerprint density at radius 3 is 1.55 bits per heavy atom. The monoisotopic (exact) mass is 410 g/mol. The average molecular weight is 411 g/mol. The molecule has 0 bridgehead atoms. The van der Waals surface area contributed by atoms with Gasteiger partial charge in [0.2, 0.25) is 0 Å². The lowest BCUT2D eigenvalue weighted by atomic mass is 9.84. The second kappa shape index (κ2) is 19.4. The van der Waals surface area contributed by atoms with E-state index < -0.39 is 0 Å². The van der Waals surface area contributed by atoms with E-state index in [9.17, 15) is 4.79 Å².